The first-order chi connectivity index (χ1) is 16.6. The number of nitrogens with two attached hydrogens (primary N) is 1. The average Bonchev–Trinajstić information content (AvgIpc) is 3.52. The number of nitrogen functional groups attached to an aromatic ring is 1. The molecular formula is C25H24N8O. The Morgan fingerprint density at radius 3 is 2.62 bits per heavy atom. The van der Waals surface area contributed by atoms with E-state index in [1.165, 1.54) is 6.33 Å². The van der Waals surface area contributed by atoms with Crippen LogP contribution in [0.2, 0.25) is 0 Å². The van der Waals surface area contributed by atoms with E-state index in [2.05, 4.69) is 21.1 Å². The van der Waals surface area contributed by atoms with E-state index in [9.17, 15) is 5.26 Å². The van der Waals surface area contributed by atoms with Crippen LogP contribution in [0, 0.1) is 18.4 Å². The number of ether oxygens (including phenoxy) is 1. The average molecular weight is 453 g/mol. The molecule has 0 radical (unpaired) electrons. The van der Waals surface area contributed by atoms with Gasteiger partial charge >= 0.3 is 0 Å². The van der Waals surface area contributed by atoms with E-state index in [0.29, 0.717) is 29.6 Å². The van der Waals surface area contributed by atoms with Crippen LogP contribution in [0.1, 0.15) is 37.3 Å². The van der Waals surface area contributed by atoms with Crippen molar-refractivity contribution in [2.24, 2.45) is 0 Å². The van der Waals surface area contributed by atoms with E-state index in [1.54, 1.807) is 6.20 Å². The van der Waals surface area contributed by atoms with Gasteiger partial charge in [0.1, 0.15) is 23.6 Å². The molecule has 2 fully saturated rings. The van der Waals surface area contributed by atoms with Crippen molar-refractivity contribution in [1.82, 2.24) is 29.6 Å². The Hall–Kier alpha value is -4.19. The minimum Gasteiger partial charge on any atom is -0.439 e. The van der Waals surface area contributed by atoms with Crippen molar-refractivity contribution in [2.75, 3.05) is 12.3 Å². The molecule has 0 amide bonds. The molecule has 1 aliphatic carbocycles. The molecule has 1 saturated heterocycles. The van der Waals surface area contributed by atoms with Crippen molar-refractivity contribution >= 4 is 16.9 Å². The van der Waals surface area contributed by atoms with Gasteiger partial charge < -0.3 is 15.4 Å². The van der Waals surface area contributed by atoms with Gasteiger partial charge in [0.05, 0.1) is 23.5 Å². The molecule has 34 heavy (non-hydrogen) atoms. The maximum atomic E-state index is 9.70. The molecule has 1 aromatic carbocycles. The van der Waals surface area contributed by atoms with Gasteiger partial charge in [-0.2, -0.15) is 10.4 Å². The van der Waals surface area contributed by atoms with Crippen molar-refractivity contribution in [3.8, 4) is 29.1 Å². The number of rotatable bonds is 4. The summed E-state index contributed by atoms with van der Waals surface area (Å²) in [5.74, 6) is 1.61. The molecule has 9 nitrogen and oxygen atoms in total. The molecule has 1 spiro atoms. The number of piperidine rings is 1. The lowest BCUT2D eigenvalue weighted by Gasteiger charge is -2.36. The second-order valence-corrected chi connectivity index (χ2v) is 9.18. The fourth-order valence-corrected chi connectivity index (χ4v) is 4.84. The van der Waals surface area contributed by atoms with Gasteiger partial charge in [-0.15, -0.1) is 0 Å². The molecule has 4 aromatic rings. The van der Waals surface area contributed by atoms with Crippen LogP contribution >= 0.6 is 0 Å². The Labute approximate surface area is 196 Å². The summed E-state index contributed by atoms with van der Waals surface area (Å²) in [6, 6.07) is 11.5. The maximum absolute atomic E-state index is 9.70. The summed E-state index contributed by atoms with van der Waals surface area (Å²) in [5, 5.41) is 15.4. The lowest BCUT2D eigenvalue weighted by molar-refractivity contribution is 0.151. The van der Waals surface area contributed by atoms with Crippen LogP contribution < -0.4 is 10.5 Å². The number of hydrogen-bond donors (Lipinski definition) is 1. The third-order valence-corrected chi connectivity index (χ3v) is 6.96. The topological polar surface area (TPSA) is 119 Å². The summed E-state index contributed by atoms with van der Waals surface area (Å²) < 4.78 is 7.80. The highest BCUT2D eigenvalue weighted by Gasteiger charge is 2.51. The Balaban J connectivity index is 1.34. The maximum Gasteiger partial charge on any atom is 0.219 e. The summed E-state index contributed by atoms with van der Waals surface area (Å²) in [6.07, 6.45) is 9.78. The predicted octanol–water partition coefficient (Wildman–Crippen LogP) is 4.22. The number of fused-ring (bicyclic) bond motifs is 1. The molecule has 1 aliphatic heterocycles. The summed E-state index contributed by atoms with van der Waals surface area (Å²) in [4.78, 5) is 15.0. The summed E-state index contributed by atoms with van der Waals surface area (Å²) in [7, 11) is 0. The van der Waals surface area contributed by atoms with Crippen LogP contribution in [0.4, 0.5) is 5.82 Å². The van der Waals surface area contributed by atoms with Gasteiger partial charge in [0, 0.05) is 17.8 Å². The number of anilines is 1. The lowest BCUT2D eigenvalue weighted by atomic mass is 9.97. The van der Waals surface area contributed by atoms with Crippen molar-refractivity contribution in [2.45, 2.75) is 44.2 Å². The number of nitriles is 1. The number of aromatic nitrogens is 5. The number of benzene rings is 1. The van der Waals surface area contributed by atoms with Crippen molar-refractivity contribution in [1.29, 1.82) is 5.26 Å². The molecule has 4 heterocycles. The van der Waals surface area contributed by atoms with E-state index in [-0.39, 0.29) is 11.6 Å². The summed E-state index contributed by atoms with van der Waals surface area (Å²) in [6.45, 7) is 2.62. The van der Waals surface area contributed by atoms with E-state index >= 15 is 0 Å². The molecule has 9 heteroatoms. The number of hydrogen-bond acceptors (Lipinski definition) is 8. The summed E-state index contributed by atoms with van der Waals surface area (Å²) in [5.41, 5.74) is 9.75. The van der Waals surface area contributed by atoms with Crippen LogP contribution in [-0.2, 0) is 0 Å². The Bertz CT molecular complexity index is 1400. The van der Waals surface area contributed by atoms with Crippen LogP contribution in [-0.4, -0.2) is 41.7 Å². The van der Waals surface area contributed by atoms with Crippen LogP contribution in [0.15, 0.2) is 48.9 Å². The zero-order chi connectivity index (χ0) is 23.3. The van der Waals surface area contributed by atoms with E-state index in [4.69, 9.17) is 15.6 Å². The van der Waals surface area contributed by atoms with E-state index < -0.39 is 0 Å². The van der Waals surface area contributed by atoms with Gasteiger partial charge in [-0.05, 0) is 62.4 Å². The monoisotopic (exact) mass is 452 g/mol. The van der Waals surface area contributed by atoms with Crippen LogP contribution in [0.25, 0.3) is 22.3 Å². The molecule has 170 valence electrons. The molecular weight excluding hydrogens is 428 g/mol. The molecule has 1 saturated carbocycles. The Morgan fingerprint density at radius 2 is 1.91 bits per heavy atom. The number of likely N-dealkylation sites (tertiary alicyclic amines) is 1. The second kappa shape index (κ2) is 7.70. The largest absolute Gasteiger partial charge is 0.439 e. The highest BCUT2D eigenvalue weighted by atomic mass is 16.5. The zero-order valence-corrected chi connectivity index (χ0v) is 18.8. The molecule has 3 aromatic heterocycles. The van der Waals surface area contributed by atoms with Gasteiger partial charge in [-0.3, -0.25) is 0 Å². The lowest BCUT2D eigenvalue weighted by Crippen LogP contribution is -2.43. The molecule has 2 N–H and O–H groups in total. The number of pyridine rings is 1. The first kappa shape index (κ1) is 20.4. The van der Waals surface area contributed by atoms with Gasteiger partial charge in [-0.25, -0.2) is 19.6 Å². The van der Waals surface area contributed by atoms with Crippen molar-refractivity contribution < 1.29 is 4.74 Å². The molecule has 1 atom stereocenters. The van der Waals surface area contributed by atoms with Crippen molar-refractivity contribution in [3.05, 3.63) is 54.5 Å². The Morgan fingerprint density at radius 1 is 1.09 bits per heavy atom. The highest BCUT2D eigenvalue weighted by molar-refractivity contribution is 5.98. The number of nitrogens with zero attached hydrogens (tertiary/aromatic N) is 7. The quantitative estimate of drug-likeness (QED) is 0.457. The molecule has 1 unspecified atom stereocenters. The van der Waals surface area contributed by atoms with E-state index in [0.717, 1.165) is 47.9 Å². The normalized spacial score (nSPS) is 18.7. The first-order valence-electron chi connectivity index (χ1n) is 11.4. The fourth-order valence-electron chi connectivity index (χ4n) is 4.84. The fraction of sp³-hybridized carbons (Fsp3) is 0.320. The zero-order valence-electron chi connectivity index (χ0n) is 18.8. The molecule has 2 aliphatic rings. The smallest absolute Gasteiger partial charge is 0.219 e. The predicted molar refractivity (Wildman–Crippen MR) is 127 cm³/mol. The molecule has 0 bridgehead atoms. The minimum absolute atomic E-state index is 0.0478. The van der Waals surface area contributed by atoms with Gasteiger partial charge in [0.15, 0.2) is 11.8 Å². The van der Waals surface area contributed by atoms with Crippen LogP contribution in [0.5, 0.6) is 11.6 Å². The minimum atomic E-state index is 0.0478. The van der Waals surface area contributed by atoms with Crippen molar-refractivity contribution in [3.63, 3.8) is 0 Å². The highest BCUT2D eigenvalue weighted by Crippen LogP contribution is 2.50. The third-order valence-electron chi connectivity index (χ3n) is 6.96. The SMILES string of the molecule is Cc1ccc(Oc2ccc(-c3nn(C4CCC5(CC5)N(C#N)C4)c4ncnc(N)c34)cc2)nc1. The first-order valence-corrected chi connectivity index (χ1v) is 11.4. The standard InChI is InChI=1S/C25H24N8O/c1-16-2-7-20(28-12-16)34-19-5-3-17(4-6-19)22-21-23(27)29-15-30-24(21)33(31-22)18-8-9-25(10-11-25)32(13-18)14-26/h2-7,12,15,18H,8-11,13H2,1H3,(H2,27,29,30). The van der Waals surface area contributed by atoms with Gasteiger partial charge in [0.2, 0.25) is 5.88 Å². The molecule has 6 rings (SSSR count). The second-order valence-electron chi connectivity index (χ2n) is 9.18. The van der Waals surface area contributed by atoms with E-state index in [1.807, 2.05) is 52.9 Å². The number of aryl methyl sites for hydroxylation is 1. The third kappa shape index (κ3) is 3.39. The van der Waals surface area contributed by atoms with Crippen LogP contribution in [0.3, 0.4) is 0 Å². The van der Waals surface area contributed by atoms with Gasteiger partial charge in [0.25, 0.3) is 0 Å². The summed E-state index contributed by atoms with van der Waals surface area (Å²) >= 11 is 0. The van der Waals surface area contributed by atoms with Gasteiger partial charge in [-0.1, -0.05) is 6.07 Å². The Kier molecular flexibility index (Phi) is 4.62.